The van der Waals surface area contributed by atoms with Gasteiger partial charge in [0.05, 0.1) is 5.69 Å². The van der Waals surface area contributed by atoms with E-state index < -0.39 is 0 Å². The Morgan fingerprint density at radius 2 is 1.79 bits per heavy atom. The number of aryl methyl sites for hydroxylation is 1. The summed E-state index contributed by atoms with van der Waals surface area (Å²) in [6, 6.07) is 12.2. The van der Waals surface area contributed by atoms with E-state index in [4.69, 9.17) is 0 Å². The molecule has 2 aromatic rings. The fourth-order valence-electron chi connectivity index (χ4n) is 1.34. The highest BCUT2D eigenvalue weighted by Gasteiger charge is 2.05. The van der Waals surface area contributed by atoms with Gasteiger partial charge in [0.25, 0.3) is 0 Å². The molecule has 0 amide bonds. The van der Waals surface area contributed by atoms with Gasteiger partial charge in [0, 0.05) is 16.2 Å². The van der Waals surface area contributed by atoms with E-state index in [1.54, 1.807) is 0 Å². The Bertz CT molecular complexity index is 437. The van der Waals surface area contributed by atoms with Gasteiger partial charge in [0.15, 0.2) is 0 Å². The zero-order valence-corrected chi connectivity index (χ0v) is 9.45. The predicted octanol–water partition coefficient (Wildman–Crippen LogP) is 3.82. The number of hydrogen-bond acceptors (Lipinski definition) is 1. The summed E-state index contributed by atoms with van der Waals surface area (Å²) in [5, 5.41) is 0. The molecule has 0 fully saturated rings. The molecular formula is C12H10BrN. The number of aromatic nitrogens is 1. The summed E-state index contributed by atoms with van der Waals surface area (Å²) >= 11 is 3.55. The Kier molecular flexibility index (Phi) is 2.64. The normalized spacial score (nSPS) is 10.1. The van der Waals surface area contributed by atoms with Crippen LogP contribution in [0.2, 0.25) is 0 Å². The van der Waals surface area contributed by atoms with Crippen molar-refractivity contribution in [2.75, 3.05) is 0 Å². The molecule has 0 spiro atoms. The number of rotatable bonds is 1. The van der Waals surface area contributed by atoms with Crippen molar-refractivity contribution in [3.8, 4) is 11.3 Å². The topological polar surface area (TPSA) is 12.9 Å². The first-order valence-electron chi connectivity index (χ1n) is 4.45. The Morgan fingerprint density at radius 1 is 1.07 bits per heavy atom. The highest BCUT2D eigenvalue weighted by atomic mass is 79.9. The molecule has 2 heteroatoms. The second-order valence-corrected chi connectivity index (χ2v) is 3.95. The summed E-state index contributed by atoms with van der Waals surface area (Å²) in [6.07, 6.45) is 1.84. The number of hydrogen-bond donors (Lipinski definition) is 0. The van der Waals surface area contributed by atoms with Crippen molar-refractivity contribution >= 4 is 15.9 Å². The van der Waals surface area contributed by atoms with Crippen molar-refractivity contribution in [2.24, 2.45) is 0 Å². The predicted molar refractivity (Wildman–Crippen MR) is 62.1 cm³/mol. The van der Waals surface area contributed by atoms with Crippen LogP contribution in [0.4, 0.5) is 0 Å². The maximum absolute atomic E-state index is 4.36. The van der Waals surface area contributed by atoms with Crippen LogP contribution in [0.15, 0.2) is 47.1 Å². The molecule has 0 aliphatic heterocycles. The third-order valence-electron chi connectivity index (χ3n) is 2.13. The molecule has 0 unspecified atom stereocenters. The number of nitrogens with zero attached hydrogens (tertiary/aromatic N) is 1. The van der Waals surface area contributed by atoms with Gasteiger partial charge in [-0.1, -0.05) is 30.3 Å². The van der Waals surface area contributed by atoms with Crippen molar-refractivity contribution in [3.63, 3.8) is 0 Å². The molecule has 1 aromatic heterocycles. The molecule has 1 aromatic carbocycles. The second-order valence-electron chi connectivity index (χ2n) is 3.16. The molecule has 70 valence electrons. The molecule has 0 saturated carbocycles. The molecule has 1 heterocycles. The fraction of sp³-hybridized carbons (Fsp3) is 0.0833. The minimum Gasteiger partial charge on any atom is -0.255 e. The van der Waals surface area contributed by atoms with Gasteiger partial charge in [-0.25, -0.2) is 0 Å². The van der Waals surface area contributed by atoms with Crippen LogP contribution >= 0.6 is 15.9 Å². The van der Waals surface area contributed by atoms with Gasteiger partial charge in [-0.05, 0) is 34.5 Å². The van der Waals surface area contributed by atoms with Gasteiger partial charge >= 0.3 is 0 Å². The Labute approximate surface area is 91.9 Å². The summed E-state index contributed by atoms with van der Waals surface area (Å²) < 4.78 is 1.08. The second kappa shape index (κ2) is 3.93. The van der Waals surface area contributed by atoms with Crippen LogP contribution in [0, 0.1) is 6.92 Å². The number of pyridine rings is 1. The van der Waals surface area contributed by atoms with Crippen molar-refractivity contribution in [2.45, 2.75) is 6.92 Å². The van der Waals surface area contributed by atoms with Crippen molar-refractivity contribution in [1.82, 2.24) is 4.98 Å². The minimum atomic E-state index is 1.01. The third-order valence-corrected chi connectivity index (χ3v) is 3.13. The molecule has 0 aliphatic rings. The standard InChI is InChI=1S/C12H10BrN/c1-9-7-8-14-12(11(9)13)10-5-3-2-4-6-10/h2-8H,1H3. The Morgan fingerprint density at radius 3 is 2.50 bits per heavy atom. The molecule has 1 nitrogen and oxygen atoms in total. The summed E-state index contributed by atoms with van der Waals surface area (Å²) in [4.78, 5) is 4.36. The first kappa shape index (κ1) is 9.41. The summed E-state index contributed by atoms with van der Waals surface area (Å²) in [5.41, 5.74) is 3.35. The maximum atomic E-state index is 4.36. The van der Waals surface area contributed by atoms with Crippen LogP contribution in [0.25, 0.3) is 11.3 Å². The monoisotopic (exact) mass is 247 g/mol. The van der Waals surface area contributed by atoms with Gasteiger partial charge in [-0.15, -0.1) is 0 Å². The molecule has 0 atom stereocenters. The fourth-order valence-corrected chi connectivity index (χ4v) is 1.80. The van der Waals surface area contributed by atoms with Crippen LogP contribution in [0.1, 0.15) is 5.56 Å². The Balaban J connectivity index is 2.58. The zero-order valence-electron chi connectivity index (χ0n) is 7.87. The number of halogens is 1. The first-order valence-corrected chi connectivity index (χ1v) is 5.25. The lowest BCUT2D eigenvalue weighted by Crippen LogP contribution is -1.86. The lowest BCUT2D eigenvalue weighted by atomic mass is 10.1. The van der Waals surface area contributed by atoms with Crippen LogP contribution < -0.4 is 0 Å². The van der Waals surface area contributed by atoms with Crippen LogP contribution in [-0.4, -0.2) is 4.98 Å². The van der Waals surface area contributed by atoms with Crippen molar-refractivity contribution < 1.29 is 0 Å². The maximum Gasteiger partial charge on any atom is 0.0846 e. The quantitative estimate of drug-likeness (QED) is 0.747. The van der Waals surface area contributed by atoms with Crippen LogP contribution in [0.5, 0.6) is 0 Å². The lowest BCUT2D eigenvalue weighted by Gasteiger charge is -2.05. The molecule has 0 N–H and O–H groups in total. The molecule has 0 aliphatic carbocycles. The number of benzene rings is 1. The van der Waals surface area contributed by atoms with E-state index in [2.05, 4.69) is 40.0 Å². The average Bonchev–Trinajstić information content (AvgIpc) is 2.23. The van der Waals surface area contributed by atoms with E-state index >= 15 is 0 Å². The van der Waals surface area contributed by atoms with Crippen LogP contribution in [-0.2, 0) is 0 Å². The van der Waals surface area contributed by atoms with E-state index in [0.717, 1.165) is 15.7 Å². The van der Waals surface area contributed by atoms with Gasteiger partial charge < -0.3 is 0 Å². The summed E-state index contributed by atoms with van der Waals surface area (Å²) in [7, 11) is 0. The molecule has 0 radical (unpaired) electrons. The molecular weight excluding hydrogens is 238 g/mol. The summed E-state index contributed by atoms with van der Waals surface area (Å²) in [6.45, 7) is 2.07. The zero-order chi connectivity index (χ0) is 9.97. The van der Waals surface area contributed by atoms with Gasteiger partial charge in [-0.3, -0.25) is 4.98 Å². The summed E-state index contributed by atoms with van der Waals surface area (Å²) in [5.74, 6) is 0. The van der Waals surface area contributed by atoms with E-state index in [0.29, 0.717) is 0 Å². The Hall–Kier alpha value is -1.15. The van der Waals surface area contributed by atoms with Crippen molar-refractivity contribution in [1.29, 1.82) is 0 Å². The van der Waals surface area contributed by atoms with E-state index in [1.165, 1.54) is 5.56 Å². The minimum absolute atomic E-state index is 1.01. The highest BCUT2D eigenvalue weighted by molar-refractivity contribution is 9.10. The molecule has 14 heavy (non-hydrogen) atoms. The largest absolute Gasteiger partial charge is 0.255 e. The van der Waals surface area contributed by atoms with E-state index in [1.807, 2.05) is 30.5 Å². The molecule has 0 bridgehead atoms. The van der Waals surface area contributed by atoms with Gasteiger partial charge in [-0.2, -0.15) is 0 Å². The first-order chi connectivity index (χ1) is 6.79. The molecule has 0 saturated heterocycles. The molecule has 2 rings (SSSR count). The van der Waals surface area contributed by atoms with Gasteiger partial charge in [0.1, 0.15) is 0 Å². The SMILES string of the molecule is Cc1ccnc(-c2ccccc2)c1Br. The third kappa shape index (κ3) is 1.70. The lowest BCUT2D eigenvalue weighted by molar-refractivity contribution is 1.26. The van der Waals surface area contributed by atoms with Gasteiger partial charge in [0.2, 0.25) is 0 Å². The average molecular weight is 248 g/mol. The van der Waals surface area contributed by atoms with Crippen LogP contribution in [0.3, 0.4) is 0 Å². The van der Waals surface area contributed by atoms with E-state index in [-0.39, 0.29) is 0 Å². The smallest absolute Gasteiger partial charge is 0.0846 e. The van der Waals surface area contributed by atoms with E-state index in [9.17, 15) is 0 Å². The van der Waals surface area contributed by atoms with Crippen molar-refractivity contribution in [3.05, 3.63) is 52.6 Å². The highest BCUT2D eigenvalue weighted by Crippen LogP contribution is 2.27.